The maximum Gasteiger partial charge on any atom is 0.319 e. The molecule has 0 saturated heterocycles. The molecule has 0 aromatic heterocycles. The highest BCUT2D eigenvalue weighted by Crippen LogP contribution is 2.37. The lowest BCUT2D eigenvalue weighted by atomic mass is 10.1. The largest absolute Gasteiger partial charge is 0.486 e. The highest BCUT2D eigenvalue weighted by molar-refractivity contribution is 9.10. The molecule has 0 saturated carbocycles. The van der Waals surface area contributed by atoms with Crippen LogP contribution in [0, 0.1) is 0 Å². The summed E-state index contributed by atoms with van der Waals surface area (Å²) in [6.45, 7) is 2.92. The zero-order valence-electron chi connectivity index (χ0n) is 12.6. The first-order valence-electron chi connectivity index (χ1n) is 7.35. The third-order valence-corrected chi connectivity index (χ3v) is 4.26. The highest BCUT2D eigenvalue weighted by Gasteiger charge is 2.18. The molecular weight excluding hydrogens is 360 g/mol. The van der Waals surface area contributed by atoms with Crippen molar-refractivity contribution in [1.29, 1.82) is 0 Å². The molecule has 2 aromatic carbocycles. The Morgan fingerprint density at radius 3 is 2.74 bits per heavy atom. The predicted molar refractivity (Wildman–Crippen MR) is 92.1 cm³/mol. The second-order valence-corrected chi connectivity index (χ2v) is 6.03. The summed E-state index contributed by atoms with van der Waals surface area (Å²) < 4.78 is 12.1. The molecule has 23 heavy (non-hydrogen) atoms. The fourth-order valence-corrected chi connectivity index (χ4v) is 3.06. The van der Waals surface area contributed by atoms with Gasteiger partial charge in [0.15, 0.2) is 11.5 Å². The van der Waals surface area contributed by atoms with Crippen molar-refractivity contribution < 1.29 is 14.3 Å². The summed E-state index contributed by atoms with van der Waals surface area (Å²) in [5.74, 6) is 1.22. The lowest BCUT2D eigenvalue weighted by molar-refractivity contribution is 0.172. The lowest BCUT2D eigenvalue weighted by Crippen LogP contribution is -2.31. The summed E-state index contributed by atoms with van der Waals surface area (Å²) in [6.07, 6.45) is 0. The molecule has 5 nitrogen and oxygen atoms in total. The van der Waals surface area contributed by atoms with Crippen LogP contribution in [0.3, 0.4) is 0 Å². The third kappa shape index (κ3) is 3.59. The maximum atomic E-state index is 12.3. The van der Waals surface area contributed by atoms with Gasteiger partial charge in [-0.3, -0.25) is 0 Å². The summed E-state index contributed by atoms with van der Waals surface area (Å²) >= 11 is 3.49. The zero-order chi connectivity index (χ0) is 16.2. The monoisotopic (exact) mass is 376 g/mol. The van der Waals surface area contributed by atoms with Gasteiger partial charge in [-0.05, 0) is 30.7 Å². The normalized spacial score (nSPS) is 14.0. The summed E-state index contributed by atoms with van der Waals surface area (Å²) in [7, 11) is 0. The van der Waals surface area contributed by atoms with Gasteiger partial charge < -0.3 is 20.1 Å². The van der Waals surface area contributed by atoms with E-state index in [9.17, 15) is 4.79 Å². The molecule has 2 N–H and O–H groups in total. The summed E-state index contributed by atoms with van der Waals surface area (Å²) in [6, 6.07) is 12.8. The van der Waals surface area contributed by atoms with Crippen molar-refractivity contribution in [3.63, 3.8) is 0 Å². The number of nitrogens with one attached hydrogen (secondary N) is 2. The van der Waals surface area contributed by atoms with Crippen LogP contribution in [-0.4, -0.2) is 19.2 Å². The number of hydrogen-bond acceptors (Lipinski definition) is 3. The van der Waals surface area contributed by atoms with E-state index in [-0.39, 0.29) is 12.1 Å². The van der Waals surface area contributed by atoms with E-state index in [2.05, 4.69) is 26.6 Å². The van der Waals surface area contributed by atoms with Crippen LogP contribution >= 0.6 is 15.9 Å². The first-order valence-corrected chi connectivity index (χ1v) is 8.15. The van der Waals surface area contributed by atoms with Gasteiger partial charge in [0, 0.05) is 4.47 Å². The molecule has 0 bridgehead atoms. The van der Waals surface area contributed by atoms with Crippen molar-refractivity contribution in [2.75, 3.05) is 18.5 Å². The number of carbonyl (C=O) groups excluding carboxylic acids is 1. The van der Waals surface area contributed by atoms with Crippen LogP contribution < -0.4 is 20.1 Å². The van der Waals surface area contributed by atoms with Crippen molar-refractivity contribution in [2.45, 2.75) is 13.0 Å². The summed E-state index contributed by atoms with van der Waals surface area (Å²) in [5.41, 5.74) is 1.61. The van der Waals surface area contributed by atoms with E-state index in [0.29, 0.717) is 30.4 Å². The molecule has 0 spiro atoms. The number of para-hydroxylation sites is 1. The average Bonchev–Trinajstić information content (AvgIpc) is 2.55. The van der Waals surface area contributed by atoms with E-state index < -0.39 is 0 Å². The molecule has 1 atom stereocenters. The molecule has 3 rings (SSSR count). The Labute approximate surface area is 143 Å². The fraction of sp³-hybridized carbons (Fsp3) is 0.235. The number of fused-ring (bicyclic) bond motifs is 1. The Balaban J connectivity index is 1.69. The second-order valence-electron chi connectivity index (χ2n) is 5.17. The fourth-order valence-electron chi connectivity index (χ4n) is 2.43. The van der Waals surface area contributed by atoms with Gasteiger partial charge in [0.2, 0.25) is 0 Å². The number of carbonyl (C=O) groups is 1. The number of anilines is 1. The molecule has 1 heterocycles. The Morgan fingerprint density at radius 1 is 1.13 bits per heavy atom. The number of hydrogen-bond donors (Lipinski definition) is 2. The molecule has 6 heteroatoms. The number of rotatable bonds is 3. The average molecular weight is 377 g/mol. The van der Waals surface area contributed by atoms with E-state index in [0.717, 1.165) is 10.0 Å². The molecule has 1 aliphatic heterocycles. The van der Waals surface area contributed by atoms with E-state index in [1.54, 1.807) is 6.07 Å². The van der Waals surface area contributed by atoms with Gasteiger partial charge in [0.25, 0.3) is 0 Å². The van der Waals surface area contributed by atoms with E-state index >= 15 is 0 Å². The van der Waals surface area contributed by atoms with E-state index in [4.69, 9.17) is 9.47 Å². The van der Waals surface area contributed by atoms with Gasteiger partial charge in [-0.25, -0.2) is 4.79 Å². The smallest absolute Gasteiger partial charge is 0.319 e. The molecule has 1 unspecified atom stereocenters. The lowest BCUT2D eigenvalue weighted by Gasteiger charge is -2.22. The molecule has 0 fully saturated rings. The number of urea groups is 1. The molecule has 0 aliphatic carbocycles. The van der Waals surface area contributed by atoms with Crippen LogP contribution in [0.5, 0.6) is 11.5 Å². The van der Waals surface area contributed by atoms with Crippen molar-refractivity contribution in [3.8, 4) is 11.5 Å². The molecular formula is C17H17BrN2O3. The first-order chi connectivity index (χ1) is 11.1. The summed E-state index contributed by atoms with van der Waals surface area (Å²) in [4.78, 5) is 12.3. The Bertz CT molecular complexity index is 721. The highest BCUT2D eigenvalue weighted by atomic mass is 79.9. The van der Waals surface area contributed by atoms with Crippen LogP contribution in [0.25, 0.3) is 0 Å². The van der Waals surface area contributed by atoms with Crippen molar-refractivity contribution >= 4 is 27.6 Å². The van der Waals surface area contributed by atoms with Gasteiger partial charge in [-0.2, -0.15) is 0 Å². The first kappa shape index (κ1) is 15.7. The molecule has 120 valence electrons. The van der Waals surface area contributed by atoms with Crippen molar-refractivity contribution in [2.24, 2.45) is 0 Å². The van der Waals surface area contributed by atoms with Crippen LogP contribution in [-0.2, 0) is 0 Å². The third-order valence-electron chi connectivity index (χ3n) is 3.53. The summed E-state index contributed by atoms with van der Waals surface area (Å²) in [5, 5.41) is 5.74. The minimum absolute atomic E-state index is 0.137. The number of ether oxygens (including phenoxy) is 2. The van der Waals surface area contributed by atoms with Crippen molar-refractivity contribution in [1.82, 2.24) is 5.32 Å². The molecule has 2 aromatic rings. The van der Waals surface area contributed by atoms with Crippen LogP contribution in [0.4, 0.5) is 10.5 Å². The van der Waals surface area contributed by atoms with E-state index in [1.165, 1.54) is 0 Å². The predicted octanol–water partition coefficient (Wildman–Crippen LogP) is 4.10. The van der Waals surface area contributed by atoms with Crippen LogP contribution in [0.2, 0.25) is 0 Å². The van der Waals surface area contributed by atoms with Gasteiger partial charge in [-0.15, -0.1) is 0 Å². The minimum atomic E-state index is -0.296. The van der Waals surface area contributed by atoms with Gasteiger partial charge >= 0.3 is 6.03 Å². The van der Waals surface area contributed by atoms with Gasteiger partial charge in [0.1, 0.15) is 13.2 Å². The minimum Gasteiger partial charge on any atom is -0.486 e. The van der Waals surface area contributed by atoms with Gasteiger partial charge in [0.05, 0.1) is 11.7 Å². The molecule has 0 radical (unpaired) electrons. The number of halogens is 1. The Hall–Kier alpha value is -2.21. The number of amides is 2. The van der Waals surface area contributed by atoms with E-state index in [1.807, 2.05) is 43.3 Å². The SMILES string of the molecule is CC(NC(=O)Nc1cccc2c1OCCO2)c1ccccc1Br. The quantitative estimate of drug-likeness (QED) is 0.847. The standard InChI is InChI=1S/C17H17BrN2O3/c1-11(12-5-2-3-6-13(12)18)19-17(21)20-14-7-4-8-15-16(14)23-10-9-22-15/h2-8,11H,9-10H2,1H3,(H2,19,20,21). The zero-order valence-corrected chi connectivity index (χ0v) is 14.2. The molecule has 1 aliphatic rings. The Morgan fingerprint density at radius 2 is 1.91 bits per heavy atom. The second kappa shape index (κ2) is 6.91. The van der Waals surface area contributed by atoms with Crippen LogP contribution in [0.1, 0.15) is 18.5 Å². The Kier molecular flexibility index (Phi) is 4.71. The topological polar surface area (TPSA) is 59.6 Å². The van der Waals surface area contributed by atoms with Gasteiger partial charge in [-0.1, -0.05) is 40.2 Å². The van der Waals surface area contributed by atoms with Crippen LogP contribution in [0.15, 0.2) is 46.9 Å². The maximum absolute atomic E-state index is 12.3. The number of benzene rings is 2. The molecule has 2 amide bonds. The van der Waals surface area contributed by atoms with Crippen molar-refractivity contribution in [3.05, 3.63) is 52.5 Å².